The summed E-state index contributed by atoms with van der Waals surface area (Å²) in [4.78, 5) is 122. The molecule has 0 saturated carbocycles. The lowest BCUT2D eigenvalue weighted by molar-refractivity contribution is -0.140. The Morgan fingerprint density at radius 2 is 0.938 bits per heavy atom. The van der Waals surface area contributed by atoms with E-state index in [9.17, 15) is 67.2 Å². The van der Waals surface area contributed by atoms with Gasteiger partial charge in [-0.15, -0.1) is 0 Å². The second kappa shape index (κ2) is 29.4. The van der Waals surface area contributed by atoms with Gasteiger partial charge in [-0.1, -0.05) is 43.3 Å². The molecule has 0 aliphatic carbocycles. The van der Waals surface area contributed by atoms with Crippen molar-refractivity contribution < 1.29 is 86.1 Å². The number of carbonyl (C=O) groups excluding carboxylic acids is 5. The molecule has 10 rings (SSSR count). The van der Waals surface area contributed by atoms with E-state index in [2.05, 4.69) is 51.8 Å². The number of anilines is 4. The molecule has 0 radical (unpaired) electrons. The molecule has 0 aliphatic heterocycles. The van der Waals surface area contributed by atoms with Crippen LogP contribution < -0.4 is 56.0 Å². The fourth-order valence-electron chi connectivity index (χ4n) is 9.76. The maximum Gasteiger partial charge on any atom is 0.354 e. The molecular weight excluding hydrogens is 1270 g/mol. The zero-order valence-corrected chi connectivity index (χ0v) is 51.3. The molecular formula is C66H57N11O18S. The van der Waals surface area contributed by atoms with Crippen molar-refractivity contribution in [2.75, 3.05) is 54.2 Å². The van der Waals surface area contributed by atoms with Crippen LogP contribution in [0.1, 0.15) is 84.1 Å². The highest BCUT2D eigenvalue weighted by Crippen LogP contribution is 2.36. The molecule has 96 heavy (non-hydrogen) atoms. The lowest BCUT2D eigenvalue weighted by atomic mass is 10.1. The summed E-state index contributed by atoms with van der Waals surface area (Å²) in [7, 11) is -3.91. The number of aromatic hydroxyl groups is 1. The Hall–Kier alpha value is -12.6. The van der Waals surface area contributed by atoms with E-state index in [0.29, 0.717) is 37.0 Å². The quantitative estimate of drug-likeness (QED) is 0.0215. The Balaban J connectivity index is 0.826. The largest absolute Gasteiger partial charge is 0.507 e. The highest BCUT2D eigenvalue weighted by molar-refractivity contribution is 7.89. The number of carboxylic acid groups (broad SMARTS) is 3. The summed E-state index contributed by atoms with van der Waals surface area (Å²) in [6.45, 7) is 1.09. The number of carbonyl (C=O) groups is 8. The van der Waals surface area contributed by atoms with Crippen LogP contribution in [-0.4, -0.2) is 129 Å². The van der Waals surface area contributed by atoms with Crippen LogP contribution >= 0.6 is 0 Å². The molecule has 6 aromatic carbocycles. The highest BCUT2D eigenvalue weighted by atomic mass is 32.2. The normalized spacial score (nSPS) is 11.1. The van der Waals surface area contributed by atoms with E-state index in [4.69, 9.17) is 24.1 Å². The number of aliphatic carboxylic acids is 2. The average Bonchev–Trinajstić information content (AvgIpc) is 0.798. The number of benzene rings is 6. The number of hydrogen-bond acceptors (Lipinski definition) is 19. The number of amides is 6. The van der Waals surface area contributed by atoms with Crippen molar-refractivity contribution in [3.8, 4) is 28.7 Å². The van der Waals surface area contributed by atoms with Gasteiger partial charge in [-0.05, 0) is 110 Å². The van der Waals surface area contributed by atoms with Crippen LogP contribution in [0.5, 0.6) is 28.7 Å². The number of ether oxygens (including phenoxy) is 4. The molecule has 30 heteroatoms. The smallest absolute Gasteiger partial charge is 0.354 e. The summed E-state index contributed by atoms with van der Waals surface area (Å²) < 4.78 is 46.2. The Kier molecular flexibility index (Phi) is 20.3. The number of para-hydroxylation sites is 4. The highest BCUT2D eigenvalue weighted by Gasteiger charge is 2.24. The first-order valence-electron chi connectivity index (χ1n) is 29.2. The van der Waals surface area contributed by atoms with Crippen LogP contribution in [0, 0.1) is 0 Å². The number of nitrogens with zero attached hydrogens (tertiary/aromatic N) is 4. The summed E-state index contributed by atoms with van der Waals surface area (Å²) >= 11 is 0. The molecule has 29 nitrogen and oxygen atoms in total. The number of fused-ring (bicyclic) bond motifs is 4. The van der Waals surface area contributed by atoms with Crippen LogP contribution in [0.4, 0.5) is 27.5 Å². The number of hydrogen-bond donors (Lipinski definition) is 11. The molecule has 10 aromatic rings. The minimum absolute atomic E-state index is 0.00665. The zero-order valence-electron chi connectivity index (χ0n) is 50.5. The molecule has 0 spiro atoms. The van der Waals surface area contributed by atoms with E-state index in [1.54, 1.807) is 42.5 Å². The standard InChI is InChI=1S/C66H57N11O18S/c1-2-25-93-52-29-48(63(85)76-45-18-9-15-42-54(95-34-56(81)82)31-50(65(87)88)73-60(42)45)71-58-40(52)13-7-16-43(58)75-64(86)49-30-53(94-33-55(79)80)41-14-8-17-44(59(41)72-49)74-62(84)47-28-51(78)39-12-6-19-46(57(39)70-47)77-66(89)68-24-3-4-26-92-37-11-5-10-35(27-37)32-69-61(83)36-20-22-38(23-21-36)96(67,90)91/h5-23,27-31H,2-4,24-26,32-34H2,1H3,(H,69,83)(H,70,78)(H,74,84)(H,75,86)(H,76,85)(H,79,80)(H,81,82)(H,87,88)(H2,67,90,91)(H2,68,77,89). The molecule has 0 unspecified atom stereocenters. The van der Waals surface area contributed by atoms with Crippen molar-refractivity contribution in [2.45, 2.75) is 37.6 Å². The first kappa shape index (κ1) is 66.4. The van der Waals surface area contributed by atoms with Crippen LogP contribution in [0.15, 0.2) is 150 Å². The van der Waals surface area contributed by atoms with Crippen molar-refractivity contribution in [2.24, 2.45) is 5.14 Å². The Morgan fingerprint density at radius 3 is 1.44 bits per heavy atom. The van der Waals surface area contributed by atoms with Gasteiger partial charge >= 0.3 is 23.9 Å². The summed E-state index contributed by atoms with van der Waals surface area (Å²) in [6.07, 6.45) is 1.59. The number of aromatic carboxylic acids is 1. The van der Waals surface area contributed by atoms with Gasteiger partial charge in [0.05, 0.1) is 62.9 Å². The summed E-state index contributed by atoms with van der Waals surface area (Å²) in [5.41, 5.74) is -0.233. The molecule has 490 valence electrons. The van der Waals surface area contributed by atoms with E-state index in [1.165, 1.54) is 91.0 Å². The first-order valence-corrected chi connectivity index (χ1v) is 30.8. The van der Waals surface area contributed by atoms with Gasteiger partial charge in [0.15, 0.2) is 18.9 Å². The van der Waals surface area contributed by atoms with Gasteiger partial charge in [0.2, 0.25) is 10.0 Å². The van der Waals surface area contributed by atoms with Gasteiger partial charge in [0.25, 0.3) is 23.6 Å². The van der Waals surface area contributed by atoms with Gasteiger partial charge in [-0.2, -0.15) is 0 Å². The predicted octanol–water partition coefficient (Wildman–Crippen LogP) is 8.31. The molecule has 4 heterocycles. The third-order valence-electron chi connectivity index (χ3n) is 14.2. The molecule has 0 aliphatic rings. The summed E-state index contributed by atoms with van der Waals surface area (Å²) in [5.74, 6) is -7.04. The predicted molar refractivity (Wildman–Crippen MR) is 349 cm³/mol. The van der Waals surface area contributed by atoms with Crippen molar-refractivity contribution in [3.63, 3.8) is 0 Å². The number of urea groups is 1. The number of nitrogens with one attached hydrogen (secondary N) is 6. The fraction of sp³-hybridized carbons (Fsp3) is 0.152. The Labute approximate surface area is 543 Å². The molecule has 0 saturated heterocycles. The molecule has 0 atom stereocenters. The molecule has 4 aromatic heterocycles. The molecule has 0 bridgehead atoms. The van der Waals surface area contributed by atoms with Crippen molar-refractivity contribution >= 4 is 124 Å². The minimum atomic E-state index is -3.91. The van der Waals surface area contributed by atoms with Gasteiger partial charge in [-0.3, -0.25) is 19.2 Å². The van der Waals surface area contributed by atoms with E-state index >= 15 is 0 Å². The second-order valence-electron chi connectivity index (χ2n) is 21.1. The van der Waals surface area contributed by atoms with Crippen LogP contribution in [0.2, 0.25) is 0 Å². The number of sulfonamides is 1. The maximum absolute atomic E-state index is 14.5. The lowest BCUT2D eigenvalue weighted by Gasteiger charge is -2.16. The second-order valence-corrected chi connectivity index (χ2v) is 22.6. The third kappa shape index (κ3) is 16.0. The number of unbranched alkanes of at least 4 members (excludes halogenated alkanes) is 1. The maximum atomic E-state index is 14.5. The Morgan fingerprint density at radius 1 is 0.479 bits per heavy atom. The molecule has 0 fully saturated rings. The SMILES string of the molecule is CCCOc1cc(C(=O)Nc2cccc3c(OCC(=O)O)cc(C(=O)O)nc23)nc2c(NC(=O)c3cc(OCC(=O)O)c4cccc(NC(=O)c5cc(O)c6cccc(NC(=O)NCCCCOc7cccc(CNC(=O)c8ccc(S(N)(=O)=O)cc8)c7)c6n5)c4n3)cccc12. The third-order valence-corrected chi connectivity index (χ3v) is 15.1. The van der Waals surface area contributed by atoms with Crippen molar-refractivity contribution in [3.05, 3.63) is 179 Å². The number of carboxylic acids is 3. The summed E-state index contributed by atoms with van der Waals surface area (Å²) in [5, 5.41) is 62.4. The summed E-state index contributed by atoms with van der Waals surface area (Å²) in [6, 6.07) is 34.7. The molecule has 6 amide bonds. The number of primary sulfonamides is 1. The van der Waals surface area contributed by atoms with Crippen LogP contribution in [0.25, 0.3) is 43.6 Å². The van der Waals surface area contributed by atoms with Gasteiger partial charge < -0.3 is 71.3 Å². The lowest BCUT2D eigenvalue weighted by Crippen LogP contribution is -2.29. The van der Waals surface area contributed by atoms with E-state index in [1.807, 2.05) is 6.92 Å². The van der Waals surface area contributed by atoms with E-state index in [0.717, 1.165) is 17.7 Å². The van der Waals surface area contributed by atoms with E-state index in [-0.39, 0.29) is 131 Å². The number of nitrogens with two attached hydrogens (primary N) is 1. The number of pyridine rings is 4. The van der Waals surface area contributed by atoms with Crippen LogP contribution in [-0.2, 0) is 26.2 Å². The van der Waals surface area contributed by atoms with E-state index < -0.39 is 76.5 Å². The zero-order chi connectivity index (χ0) is 68.2. The van der Waals surface area contributed by atoms with Crippen LogP contribution in [0.3, 0.4) is 0 Å². The van der Waals surface area contributed by atoms with Crippen molar-refractivity contribution in [1.82, 2.24) is 30.6 Å². The van der Waals surface area contributed by atoms with Crippen molar-refractivity contribution in [1.29, 1.82) is 0 Å². The topological polar surface area (TPSA) is 438 Å². The fourth-order valence-corrected chi connectivity index (χ4v) is 10.3. The van der Waals surface area contributed by atoms with Gasteiger partial charge in [0.1, 0.15) is 45.8 Å². The minimum Gasteiger partial charge on any atom is -0.507 e. The van der Waals surface area contributed by atoms with Gasteiger partial charge in [0, 0.05) is 64.5 Å². The monoisotopic (exact) mass is 1320 g/mol. The Bertz CT molecular complexity index is 4880. The first-order chi connectivity index (χ1) is 46.1. The number of aromatic nitrogens is 4. The molecule has 12 N–H and O–H groups in total. The number of rotatable bonds is 27. The van der Waals surface area contributed by atoms with Gasteiger partial charge in [-0.25, -0.2) is 52.7 Å². The average molecular weight is 1320 g/mol.